The Morgan fingerprint density at radius 1 is 1.10 bits per heavy atom. The molecule has 3 N–H and O–H groups in total. The van der Waals surface area contributed by atoms with Gasteiger partial charge in [0.25, 0.3) is 0 Å². The minimum Gasteiger partial charge on any atom is -0.475 e. The third-order valence-corrected chi connectivity index (χ3v) is 2.69. The van der Waals surface area contributed by atoms with Gasteiger partial charge in [-0.1, -0.05) is 18.2 Å². The number of aromatic carboxylic acids is 1. The van der Waals surface area contributed by atoms with E-state index >= 15 is 0 Å². The highest BCUT2D eigenvalue weighted by atomic mass is 19.1. The van der Waals surface area contributed by atoms with E-state index in [4.69, 9.17) is 9.52 Å². The second-order valence-corrected chi connectivity index (χ2v) is 4.20. The topological polar surface area (TPSA) is 91.6 Å². The van der Waals surface area contributed by atoms with E-state index in [1.165, 1.54) is 18.2 Å². The number of carboxylic acid groups (broad SMARTS) is 1. The highest BCUT2D eigenvalue weighted by Gasteiger charge is 2.10. The molecule has 1 heterocycles. The van der Waals surface area contributed by atoms with Crippen LogP contribution in [-0.2, 0) is 13.1 Å². The number of hydrogen-bond acceptors (Lipinski definition) is 3. The Labute approximate surface area is 119 Å². The molecule has 0 atom stereocenters. The lowest BCUT2D eigenvalue weighted by atomic mass is 10.2. The maximum absolute atomic E-state index is 13.3. The first-order valence-electron chi connectivity index (χ1n) is 6.13. The van der Waals surface area contributed by atoms with E-state index in [0.29, 0.717) is 11.3 Å². The average Bonchev–Trinajstić information content (AvgIpc) is 2.93. The molecule has 2 rings (SSSR count). The van der Waals surface area contributed by atoms with Gasteiger partial charge in [0.2, 0.25) is 5.76 Å². The maximum atomic E-state index is 13.3. The Kier molecular flexibility index (Phi) is 4.55. The van der Waals surface area contributed by atoms with Gasteiger partial charge in [-0.2, -0.15) is 0 Å². The van der Waals surface area contributed by atoms with E-state index in [2.05, 4.69) is 10.6 Å². The molecule has 0 aliphatic carbocycles. The molecule has 0 saturated carbocycles. The molecule has 0 spiro atoms. The number of amides is 2. The number of carbonyl (C=O) groups is 2. The molecule has 2 aromatic rings. The number of rotatable bonds is 5. The molecular formula is C14H13FN2O4. The Bertz CT molecular complexity index is 654. The van der Waals surface area contributed by atoms with Crippen LogP contribution in [-0.4, -0.2) is 17.1 Å². The summed E-state index contributed by atoms with van der Waals surface area (Å²) in [5.74, 6) is -1.45. The van der Waals surface area contributed by atoms with Crippen molar-refractivity contribution < 1.29 is 23.5 Å². The SMILES string of the molecule is O=C(NCc1ccc(C(=O)O)o1)NCc1ccccc1F. The first-order chi connectivity index (χ1) is 10.1. The summed E-state index contributed by atoms with van der Waals surface area (Å²) in [5, 5.41) is 13.7. The number of furan rings is 1. The van der Waals surface area contributed by atoms with Crippen LogP contribution in [0.25, 0.3) is 0 Å². The summed E-state index contributed by atoms with van der Waals surface area (Å²) < 4.78 is 18.3. The van der Waals surface area contributed by atoms with Crippen LogP contribution >= 0.6 is 0 Å². The molecule has 0 unspecified atom stereocenters. The Morgan fingerprint density at radius 2 is 1.81 bits per heavy atom. The van der Waals surface area contributed by atoms with Gasteiger partial charge in [-0.3, -0.25) is 0 Å². The molecule has 7 heteroatoms. The number of carbonyl (C=O) groups excluding carboxylic acids is 1. The van der Waals surface area contributed by atoms with Crippen LogP contribution in [0.5, 0.6) is 0 Å². The minimum absolute atomic E-state index is 0.0381. The zero-order chi connectivity index (χ0) is 15.2. The lowest BCUT2D eigenvalue weighted by molar-refractivity contribution is 0.0660. The van der Waals surface area contributed by atoms with Crippen LogP contribution in [0.1, 0.15) is 21.9 Å². The van der Waals surface area contributed by atoms with Crippen LogP contribution < -0.4 is 10.6 Å². The van der Waals surface area contributed by atoms with E-state index in [1.807, 2.05) is 0 Å². The standard InChI is InChI=1S/C14H13FN2O4/c15-11-4-2-1-3-9(11)7-16-14(20)17-8-10-5-6-12(21-10)13(18)19/h1-6H,7-8H2,(H,18,19)(H2,16,17,20). The van der Waals surface area contributed by atoms with Crippen molar-refractivity contribution in [1.82, 2.24) is 10.6 Å². The van der Waals surface area contributed by atoms with Crippen molar-refractivity contribution in [3.8, 4) is 0 Å². The van der Waals surface area contributed by atoms with Crippen molar-refractivity contribution in [2.45, 2.75) is 13.1 Å². The number of nitrogens with one attached hydrogen (secondary N) is 2. The maximum Gasteiger partial charge on any atom is 0.371 e. The van der Waals surface area contributed by atoms with Gasteiger partial charge in [0, 0.05) is 12.1 Å². The van der Waals surface area contributed by atoms with E-state index in [0.717, 1.165) is 0 Å². The smallest absolute Gasteiger partial charge is 0.371 e. The molecule has 0 saturated heterocycles. The summed E-state index contributed by atoms with van der Waals surface area (Å²) in [7, 11) is 0. The number of carboxylic acids is 1. The first kappa shape index (κ1) is 14.6. The lowest BCUT2D eigenvalue weighted by Gasteiger charge is -2.07. The van der Waals surface area contributed by atoms with Gasteiger partial charge in [0.1, 0.15) is 11.6 Å². The summed E-state index contributed by atoms with van der Waals surface area (Å²) in [6, 6.07) is 8.37. The number of urea groups is 1. The first-order valence-corrected chi connectivity index (χ1v) is 6.13. The molecule has 0 aliphatic heterocycles. The second-order valence-electron chi connectivity index (χ2n) is 4.20. The highest BCUT2D eigenvalue weighted by Crippen LogP contribution is 2.07. The van der Waals surface area contributed by atoms with Gasteiger partial charge >= 0.3 is 12.0 Å². The van der Waals surface area contributed by atoms with Gasteiger partial charge in [-0.15, -0.1) is 0 Å². The van der Waals surface area contributed by atoms with Crippen molar-refractivity contribution >= 4 is 12.0 Å². The summed E-state index contributed by atoms with van der Waals surface area (Å²) in [4.78, 5) is 22.2. The third kappa shape index (κ3) is 4.07. The molecule has 1 aromatic heterocycles. The summed E-state index contributed by atoms with van der Waals surface area (Å²) in [6.45, 7) is 0.0907. The fourth-order valence-corrected chi connectivity index (χ4v) is 1.64. The van der Waals surface area contributed by atoms with Gasteiger partial charge in [0.15, 0.2) is 0 Å². The molecule has 2 amide bonds. The Morgan fingerprint density at radius 3 is 2.48 bits per heavy atom. The van der Waals surface area contributed by atoms with Crippen molar-refractivity contribution in [2.24, 2.45) is 0 Å². The molecule has 110 valence electrons. The fourth-order valence-electron chi connectivity index (χ4n) is 1.64. The van der Waals surface area contributed by atoms with E-state index in [-0.39, 0.29) is 18.8 Å². The van der Waals surface area contributed by atoms with E-state index in [1.54, 1.807) is 18.2 Å². The Hall–Kier alpha value is -2.83. The summed E-state index contributed by atoms with van der Waals surface area (Å²) >= 11 is 0. The molecule has 0 fully saturated rings. The van der Waals surface area contributed by atoms with Crippen molar-refractivity contribution in [2.75, 3.05) is 0 Å². The zero-order valence-corrected chi connectivity index (χ0v) is 10.9. The van der Waals surface area contributed by atoms with Gasteiger partial charge in [-0.25, -0.2) is 14.0 Å². The highest BCUT2D eigenvalue weighted by molar-refractivity contribution is 5.84. The predicted octanol–water partition coefficient (Wildman–Crippen LogP) is 2.12. The van der Waals surface area contributed by atoms with Crippen LogP contribution in [0.4, 0.5) is 9.18 Å². The van der Waals surface area contributed by atoms with Gasteiger partial charge in [0.05, 0.1) is 6.54 Å². The quantitative estimate of drug-likeness (QED) is 0.787. The normalized spacial score (nSPS) is 10.1. The summed E-state index contributed by atoms with van der Waals surface area (Å²) in [5.41, 5.74) is 0.374. The molecule has 6 nitrogen and oxygen atoms in total. The third-order valence-electron chi connectivity index (χ3n) is 2.69. The number of halogens is 1. The van der Waals surface area contributed by atoms with Gasteiger partial charge in [-0.05, 0) is 18.2 Å². The monoisotopic (exact) mass is 292 g/mol. The molecule has 1 aromatic carbocycles. The fraction of sp³-hybridized carbons (Fsp3) is 0.143. The van der Waals surface area contributed by atoms with Crippen molar-refractivity contribution in [3.63, 3.8) is 0 Å². The molecule has 0 radical (unpaired) electrons. The van der Waals surface area contributed by atoms with Crippen LogP contribution in [0.15, 0.2) is 40.8 Å². The largest absolute Gasteiger partial charge is 0.475 e. The van der Waals surface area contributed by atoms with Crippen LogP contribution in [0.3, 0.4) is 0 Å². The minimum atomic E-state index is -1.18. The number of benzene rings is 1. The van der Waals surface area contributed by atoms with Crippen molar-refractivity contribution in [3.05, 3.63) is 59.3 Å². The molecule has 0 bridgehead atoms. The molecular weight excluding hydrogens is 279 g/mol. The molecule has 0 aliphatic rings. The second kappa shape index (κ2) is 6.56. The average molecular weight is 292 g/mol. The van der Waals surface area contributed by atoms with Crippen LogP contribution in [0, 0.1) is 5.82 Å². The Balaban J connectivity index is 1.79. The molecule has 21 heavy (non-hydrogen) atoms. The van der Waals surface area contributed by atoms with Gasteiger partial charge < -0.3 is 20.2 Å². The van der Waals surface area contributed by atoms with E-state index < -0.39 is 17.8 Å². The predicted molar refractivity (Wildman–Crippen MR) is 71.1 cm³/mol. The summed E-state index contributed by atoms with van der Waals surface area (Å²) in [6.07, 6.45) is 0. The zero-order valence-electron chi connectivity index (χ0n) is 10.9. The number of hydrogen-bond donors (Lipinski definition) is 3. The lowest BCUT2D eigenvalue weighted by Crippen LogP contribution is -2.34. The van der Waals surface area contributed by atoms with Crippen LogP contribution in [0.2, 0.25) is 0 Å². The van der Waals surface area contributed by atoms with E-state index in [9.17, 15) is 14.0 Å². The van der Waals surface area contributed by atoms with Crippen molar-refractivity contribution in [1.29, 1.82) is 0 Å².